The van der Waals surface area contributed by atoms with Crippen LogP contribution in [0.4, 0.5) is 0 Å². The maximum absolute atomic E-state index is 10.2. The summed E-state index contributed by atoms with van der Waals surface area (Å²) in [6.07, 6.45) is 19.7. The maximum atomic E-state index is 10.2. The first-order valence-corrected chi connectivity index (χ1v) is 13.0. The van der Waals surface area contributed by atoms with Crippen molar-refractivity contribution in [3.8, 4) is 0 Å². The molecule has 3 fully saturated rings. The van der Waals surface area contributed by atoms with Crippen molar-refractivity contribution >= 4 is 0 Å². The van der Waals surface area contributed by atoms with E-state index in [1.165, 1.54) is 44.1 Å². The van der Waals surface area contributed by atoms with E-state index in [9.17, 15) is 5.11 Å². The minimum absolute atomic E-state index is 0.116. The van der Waals surface area contributed by atoms with Crippen LogP contribution in [-0.2, 0) is 0 Å². The van der Waals surface area contributed by atoms with Gasteiger partial charge >= 0.3 is 0 Å². The molecule has 0 amide bonds. The molecular weight excluding hydrogens is 364 g/mol. The second-order valence-corrected chi connectivity index (χ2v) is 12.1. The van der Waals surface area contributed by atoms with Gasteiger partial charge in [0.15, 0.2) is 0 Å². The van der Waals surface area contributed by atoms with E-state index in [0.717, 1.165) is 42.4 Å². The average molecular weight is 411 g/mol. The predicted molar refractivity (Wildman–Crippen MR) is 128 cm³/mol. The number of fused-ring (bicyclic) bond motifs is 5. The van der Waals surface area contributed by atoms with E-state index in [0.29, 0.717) is 16.7 Å². The maximum Gasteiger partial charge on any atom is 0.0578 e. The summed E-state index contributed by atoms with van der Waals surface area (Å²) in [6.45, 7) is 14.7. The molecule has 1 heteroatoms. The van der Waals surface area contributed by atoms with Crippen molar-refractivity contribution in [2.45, 2.75) is 99.0 Å². The Balaban J connectivity index is 1.56. The Morgan fingerprint density at radius 1 is 1.00 bits per heavy atom. The van der Waals surface area contributed by atoms with Gasteiger partial charge in [-0.05, 0) is 97.7 Å². The van der Waals surface area contributed by atoms with Crippen molar-refractivity contribution in [1.82, 2.24) is 0 Å². The molecule has 0 aromatic rings. The molecule has 0 unspecified atom stereocenters. The standard InChI is InChI=1S/C29H46O/c1-7-21(19(2)3)9-8-20(4)25-12-13-26-24-11-10-22-18-23(30)14-16-28(22,5)27(24)15-17-29(25,26)6/h8-11,19-21,23,25-27,30H,7,12-18H2,1-6H3/b9-8+/t20-,21+,23+,25-,26+,27-,28-,29-/m0/s1. The van der Waals surface area contributed by atoms with E-state index in [2.05, 4.69) is 65.8 Å². The second kappa shape index (κ2) is 8.27. The molecule has 0 heterocycles. The highest BCUT2D eigenvalue weighted by Gasteiger charge is 2.56. The summed E-state index contributed by atoms with van der Waals surface area (Å²) in [6, 6.07) is 0. The first kappa shape index (κ1) is 22.4. The Morgan fingerprint density at radius 2 is 1.77 bits per heavy atom. The van der Waals surface area contributed by atoms with Gasteiger partial charge in [0.1, 0.15) is 0 Å². The summed E-state index contributed by atoms with van der Waals surface area (Å²) in [5.41, 5.74) is 4.07. The highest BCUT2D eigenvalue weighted by Crippen LogP contribution is 2.66. The van der Waals surface area contributed by atoms with Crippen LogP contribution in [0.25, 0.3) is 0 Å². The molecule has 1 N–H and O–H groups in total. The molecule has 0 aliphatic heterocycles. The van der Waals surface area contributed by atoms with E-state index in [1.54, 1.807) is 5.57 Å². The topological polar surface area (TPSA) is 20.2 Å². The Kier molecular flexibility index (Phi) is 6.17. The van der Waals surface area contributed by atoms with E-state index in [1.807, 2.05) is 0 Å². The molecule has 0 bridgehead atoms. The van der Waals surface area contributed by atoms with Gasteiger partial charge in [-0.3, -0.25) is 0 Å². The largest absolute Gasteiger partial charge is 0.393 e. The molecule has 4 rings (SSSR count). The summed E-state index contributed by atoms with van der Waals surface area (Å²) < 4.78 is 0. The summed E-state index contributed by atoms with van der Waals surface area (Å²) in [4.78, 5) is 0. The van der Waals surface area contributed by atoms with Crippen LogP contribution in [0.15, 0.2) is 35.5 Å². The van der Waals surface area contributed by atoms with Crippen LogP contribution in [0.5, 0.6) is 0 Å². The number of aliphatic hydroxyl groups excluding tert-OH is 1. The highest BCUT2D eigenvalue weighted by atomic mass is 16.3. The smallest absolute Gasteiger partial charge is 0.0578 e. The number of hydrogen-bond acceptors (Lipinski definition) is 1. The van der Waals surface area contributed by atoms with Crippen LogP contribution in [0.2, 0.25) is 0 Å². The summed E-state index contributed by atoms with van der Waals surface area (Å²) in [7, 11) is 0. The zero-order chi connectivity index (χ0) is 21.7. The van der Waals surface area contributed by atoms with Gasteiger partial charge < -0.3 is 5.11 Å². The lowest BCUT2D eigenvalue weighted by molar-refractivity contribution is 0.0382. The fourth-order valence-electron chi connectivity index (χ4n) is 8.17. The summed E-state index contributed by atoms with van der Waals surface area (Å²) in [5, 5.41) is 10.2. The fraction of sp³-hybridized carbons (Fsp3) is 0.793. The first-order chi connectivity index (χ1) is 14.2. The van der Waals surface area contributed by atoms with Gasteiger partial charge in [0.25, 0.3) is 0 Å². The van der Waals surface area contributed by atoms with E-state index < -0.39 is 0 Å². The van der Waals surface area contributed by atoms with Gasteiger partial charge in [-0.15, -0.1) is 0 Å². The molecule has 4 aliphatic carbocycles. The van der Waals surface area contributed by atoms with Gasteiger partial charge in [-0.1, -0.05) is 77.0 Å². The molecule has 0 spiro atoms. The van der Waals surface area contributed by atoms with Crippen LogP contribution in [0, 0.1) is 46.3 Å². The third-order valence-corrected chi connectivity index (χ3v) is 10.2. The first-order valence-electron chi connectivity index (χ1n) is 13.0. The van der Waals surface area contributed by atoms with Gasteiger partial charge in [-0.25, -0.2) is 0 Å². The zero-order valence-corrected chi connectivity index (χ0v) is 20.5. The molecule has 0 aromatic carbocycles. The van der Waals surface area contributed by atoms with Crippen molar-refractivity contribution in [2.75, 3.05) is 0 Å². The minimum atomic E-state index is -0.116. The third kappa shape index (κ3) is 3.58. The van der Waals surface area contributed by atoms with E-state index in [-0.39, 0.29) is 6.10 Å². The van der Waals surface area contributed by atoms with E-state index >= 15 is 0 Å². The Hall–Kier alpha value is -0.820. The third-order valence-electron chi connectivity index (χ3n) is 10.2. The second-order valence-electron chi connectivity index (χ2n) is 12.1. The number of aliphatic hydroxyl groups is 1. The van der Waals surface area contributed by atoms with Crippen LogP contribution >= 0.6 is 0 Å². The average Bonchev–Trinajstić information content (AvgIpc) is 3.06. The van der Waals surface area contributed by atoms with Crippen molar-refractivity contribution in [3.63, 3.8) is 0 Å². The zero-order valence-electron chi connectivity index (χ0n) is 20.5. The molecule has 3 saturated carbocycles. The quantitative estimate of drug-likeness (QED) is 0.460. The minimum Gasteiger partial charge on any atom is -0.393 e. The van der Waals surface area contributed by atoms with Crippen molar-refractivity contribution < 1.29 is 5.11 Å². The SMILES string of the molecule is CC[C@H](/C=C/[C@H](C)[C@@H]1CC[C@@H]2C3=CC=C4C[C@H](O)CC[C@]4(C)[C@H]3CC[C@]21C)C(C)C. The van der Waals surface area contributed by atoms with Crippen LogP contribution in [-0.4, -0.2) is 11.2 Å². The van der Waals surface area contributed by atoms with E-state index in [4.69, 9.17) is 0 Å². The lowest BCUT2D eigenvalue weighted by Crippen LogP contribution is -2.46. The van der Waals surface area contributed by atoms with Gasteiger partial charge in [-0.2, -0.15) is 0 Å². The number of allylic oxidation sites excluding steroid dienone is 5. The molecular formula is C29H46O. The van der Waals surface area contributed by atoms with Gasteiger partial charge in [0, 0.05) is 0 Å². The van der Waals surface area contributed by atoms with Crippen LogP contribution in [0.3, 0.4) is 0 Å². The highest BCUT2D eigenvalue weighted by molar-refractivity contribution is 5.39. The fourth-order valence-corrected chi connectivity index (χ4v) is 8.17. The molecule has 0 aromatic heterocycles. The van der Waals surface area contributed by atoms with Crippen molar-refractivity contribution in [2.24, 2.45) is 46.3 Å². The lowest BCUT2D eigenvalue weighted by atomic mass is 9.50. The monoisotopic (exact) mass is 410 g/mol. The Labute approximate surface area is 186 Å². The summed E-state index contributed by atoms with van der Waals surface area (Å²) >= 11 is 0. The van der Waals surface area contributed by atoms with Gasteiger partial charge in [0.05, 0.1) is 6.10 Å². The number of rotatable bonds is 5. The normalized spacial score (nSPS) is 42.9. The Morgan fingerprint density at radius 3 is 2.47 bits per heavy atom. The number of hydrogen-bond donors (Lipinski definition) is 1. The Bertz CT molecular complexity index is 727. The van der Waals surface area contributed by atoms with Gasteiger partial charge in [0.2, 0.25) is 0 Å². The van der Waals surface area contributed by atoms with Crippen LogP contribution in [0.1, 0.15) is 92.9 Å². The molecule has 168 valence electrons. The molecule has 1 nitrogen and oxygen atoms in total. The predicted octanol–water partition coefficient (Wildman–Crippen LogP) is 7.72. The molecule has 4 aliphatic rings. The lowest BCUT2D eigenvalue weighted by Gasteiger charge is -2.55. The van der Waals surface area contributed by atoms with Crippen molar-refractivity contribution in [1.29, 1.82) is 0 Å². The molecule has 30 heavy (non-hydrogen) atoms. The molecule has 0 saturated heterocycles. The van der Waals surface area contributed by atoms with Crippen LogP contribution < -0.4 is 0 Å². The van der Waals surface area contributed by atoms with Crippen molar-refractivity contribution in [3.05, 3.63) is 35.5 Å². The molecule has 0 radical (unpaired) electrons. The summed E-state index contributed by atoms with van der Waals surface area (Å²) in [5.74, 6) is 4.45. The molecule has 8 atom stereocenters.